The van der Waals surface area contributed by atoms with Gasteiger partial charge in [0.25, 0.3) is 0 Å². The molecule has 24 heavy (non-hydrogen) atoms. The fourth-order valence-corrected chi connectivity index (χ4v) is 4.17. The Balaban J connectivity index is 2.49. The summed E-state index contributed by atoms with van der Waals surface area (Å²) in [5, 5.41) is 0. The number of fused-ring (bicyclic) bond motifs is 1. The Morgan fingerprint density at radius 3 is 2.42 bits per heavy atom. The molecular weight excluding hydrogens is 332 g/mol. The summed E-state index contributed by atoms with van der Waals surface area (Å²) in [6.45, 7) is 7.02. The van der Waals surface area contributed by atoms with Gasteiger partial charge < -0.3 is 9.47 Å². The van der Waals surface area contributed by atoms with Crippen LogP contribution in [0.5, 0.6) is 0 Å². The fourth-order valence-electron chi connectivity index (χ4n) is 3.06. The Bertz CT molecular complexity index is 673. The number of carbonyl (C=O) groups is 3. The molecule has 0 aromatic carbocycles. The van der Waals surface area contributed by atoms with Crippen LogP contribution in [0.1, 0.15) is 40.5 Å². The van der Waals surface area contributed by atoms with Gasteiger partial charge in [0.15, 0.2) is 11.9 Å². The monoisotopic (exact) mass is 354 g/mol. The van der Waals surface area contributed by atoms with E-state index in [9.17, 15) is 18.6 Å². The molecule has 0 aromatic rings. The molecule has 0 saturated heterocycles. The summed E-state index contributed by atoms with van der Waals surface area (Å²) in [7, 11) is -1.55. The van der Waals surface area contributed by atoms with Gasteiger partial charge in [-0.3, -0.25) is 13.8 Å². The SMILES string of the molecule is CCCC1=C(S(=O)CC)C(=O)C2OC(C(=O)OCC)=C(C)C2C1=O. The van der Waals surface area contributed by atoms with E-state index in [4.69, 9.17) is 9.47 Å². The van der Waals surface area contributed by atoms with Gasteiger partial charge in [-0.2, -0.15) is 0 Å². The molecule has 1 aliphatic heterocycles. The average Bonchev–Trinajstić information content (AvgIpc) is 2.90. The van der Waals surface area contributed by atoms with Gasteiger partial charge in [0.05, 0.1) is 28.2 Å². The minimum absolute atomic E-state index is 0.0588. The van der Waals surface area contributed by atoms with Crippen molar-refractivity contribution in [3.05, 3.63) is 21.8 Å². The van der Waals surface area contributed by atoms with E-state index in [1.54, 1.807) is 20.8 Å². The van der Waals surface area contributed by atoms with E-state index >= 15 is 0 Å². The van der Waals surface area contributed by atoms with Crippen LogP contribution in [0.25, 0.3) is 0 Å². The van der Waals surface area contributed by atoms with Crippen LogP contribution in [0.4, 0.5) is 0 Å². The Hall–Kier alpha value is -1.76. The maximum absolute atomic E-state index is 12.9. The zero-order chi connectivity index (χ0) is 18.0. The molecule has 0 amide bonds. The summed E-state index contributed by atoms with van der Waals surface area (Å²) in [6.07, 6.45) is -0.0653. The van der Waals surface area contributed by atoms with Crippen molar-refractivity contribution in [1.82, 2.24) is 0 Å². The van der Waals surface area contributed by atoms with E-state index < -0.39 is 34.6 Å². The van der Waals surface area contributed by atoms with E-state index in [1.807, 2.05) is 6.92 Å². The van der Waals surface area contributed by atoms with Crippen LogP contribution in [0.15, 0.2) is 21.8 Å². The van der Waals surface area contributed by atoms with Crippen molar-refractivity contribution < 1.29 is 28.1 Å². The number of ether oxygens (including phenoxy) is 2. The molecular formula is C17H22O6S. The van der Waals surface area contributed by atoms with Crippen LogP contribution in [-0.2, 0) is 34.7 Å². The Morgan fingerprint density at radius 1 is 1.21 bits per heavy atom. The number of rotatable bonds is 6. The lowest BCUT2D eigenvalue weighted by atomic mass is 9.79. The molecule has 0 bridgehead atoms. The van der Waals surface area contributed by atoms with E-state index in [0.29, 0.717) is 24.0 Å². The number of hydrogen-bond acceptors (Lipinski definition) is 6. The maximum Gasteiger partial charge on any atom is 0.373 e. The molecule has 0 N–H and O–H groups in total. The minimum Gasteiger partial charge on any atom is -0.474 e. The number of Topliss-reactive ketones (excluding diaryl/α,β-unsaturated/α-hetero) is 2. The Morgan fingerprint density at radius 2 is 1.88 bits per heavy atom. The highest BCUT2D eigenvalue weighted by atomic mass is 32.2. The molecule has 3 atom stereocenters. The summed E-state index contributed by atoms with van der Waals surface area (Å²) in [4.78, 5) is 37.8. The highest BCUT2D eigenvalue weighted by molar-refractivity contribution is 7.90. The molecule has 2 aliphatic rings. The second-order valence-electron chi connectivity index (χ2n) is 5.67. The predicted octanol–water partition coefficient (Wildman–Crippen LogP) is 1.81. The van der Waals surface area contributed by atoms with Crippen molar-refractivity contribution in [2.45, 2.75) is 46.6 Å². The molecule has 0 saturated carbocycles. The largest absolute Gasteiger partial charge is 0.474 e. The Labute approximate surface area is 143 Å². The Kier molecular flexibility index (Phi) is 5.74. The quantitative estimate of drug-likeness (QED) is 0.676. The zero-order valence-electron chi connectivity index (χ0n) is 14.3. The van der Waals surface area contributed by atoms with Crippen LogP contribution in [0.2, 0.25) is 0 Å². The van der Waals surface area contributed by atoms with E-state index in [2.05, 4.69) is 0 Å². The lowest BCUT2D eigenvalue weighted by Gasteiger charge is -2.27. The van der Waals surface area contributed by atoms with Crippen LogP contribution < -0.4 is 0 Å². The number of ketones is 2. The number of allylic oxidation sites excluding steroid dienone is 1. The smallest absolute Gasteiger partial charge is 0.373 e. The first-order chi connectivity index (χ1) is 11.4. The molecule has 7 heteroatoms. The first-order valence-electron chi connectivity index (χ1n) is 8.13. The van der Waals surface area contributed by atoms with Crippen LogP contribution in [0.3, 0.4) is 0 Å². The van der Waals surface area contributed by atoms with E-state index in [-0.39, 0.29) is 28.8 Å². The van der Waals surface area contributed by atoms with Gasteiger partial charge in [0.2, 0.25) is 11.5 Å². The maximum atomic E-state index is 12.9. The molecule has 0 radical (unpaired) electrons. The second kappa shape index (κ2) is 7.42. The standard InChI is InChI=1S/C17H22O6S/c1-5-8-10-12(18)11-9(4)14(17(20)22-6-2)23-15(11)13(19)16(10)24(21)7-3/h11,15H,5-8H2,1-4H3. The highest BCUT2D eigenvalue weighted by Crippen LogP contribution is 2.41. The van der Waals surface area contributed by atoms with Crippen molar-refractivity contribution in [2.24, 2.45) is 5.92 Å². The molecule has 6 nitrogen and oxygen atoms in total. The van der Waals surface area contributed by atoms with Crippen LogP contribution >= 0.6 is 0 Å². The number of carbonyl (C=O) groups excluding carboxylic acids is 3. The van der Waals surface area contributed by atoms with Gasteiger partial charge in [-0.15, -0.1) is 0 Å². The molecule has 1 aliphatic carbocycles. The number of hydrogen-bond donors (Lipinski definition) is 0. The molecule has 1 heterocycles. The number of esters is 1. The minimum atomic E-state index is -1.55. The topological polar surface area (TPSA) is 86.7 Å². The normalized spacial score (nSPS) is 24.8. The van der Waals surface area contributed by atoms with Gasteiger partial charge in [-0.05, 0) is 25.8 Å². The van der Waals surface area contributed by atoms with Gasteiger partial charge in [0, 0.05) is 11.3 Å². The predicted molar refractivity (Wildman–Crippen MR) is 88.3 cm³/mol. The first kappa shape index (κ1) is 18.6. The zero-order valence-corrected chi connectivity index (χ0v) is 15.2. The average molecular weight is 354 g/mol. The first-order valence-corrected chi connectivity index (χ1v) is 9.45. The van der Waals surface area contributed by atoms with E-state index in [0.717, 1.165) is 0 Å². The van der Waals surface area contributed by atoms with Crippen molar-refractivity contribution in [2.75, 3.05) is 12.4 Å². The third-order valence-electron chi connectivity index (χ3n) is 4.16. The lowest BCUT2D eigenvalue weighted by molar-refractivity contribution is -0.145. The summed E-state index contributed by atoms with van der Waals surface area (Å²) in [5.74, 6) is -2.06. The van der Waals surface area contributed by atoms with Gasteiger partial charge in [0.1, 0.15) is 0 Å². The van der Waals surface area contributed by atoms with Crippen molar-refractivity contribution in [3.63, 3.8) is 0 Å². The molecule has 3 unspecified atom stereocenters. The third kappa shape index (κ3) is 2.97. The third-order valence-corrected chi connectivity index (χ3v) is 5.59. The fraction of sp³-hybridized carbons (Fsp3) is 0.588. The molecule has 2 rings (SSSR count). The van der Waals surface area contributed by atoms with Crippen molar-refractivity contribution in [1.29, 1.82) is 0 Å². The van der Waals surface area contributed by atoms with Crippen molar-refractivity contribution >= 4 is 28.3 Å². The lowest BCUT2D eigenvalue weighted by Crippen LogP contribution is -2.42. The summed E-state index contributed by atoms with van der Waals surface area (Å²) < 4.78 is 22.7. The summed E-state index contributed by atoms with van der Waals surface area (Å²) in [5.41, 5.74) is 0.726. The van der Waals surface area contributed by atoms with Crippen LogP contribution in [0, 0.1) is 5.92 Å². The van der Waals surface area contributed by atoms with E-state index in [1.165, 1.54) is 0 Å². The second-order valence-corrected chi connectivity index (χ2v) is 7.35. The van der Waals surface area contributed by atoms with Gasteiger partial charge in [-0.25, -0.2) is 4.79 Å². The molecule has 0 fully saturated rings. The van der Waals surface area contributed by atoms with Crippen LogP contribution in [-0.4, -0.2) is 40.2 Å². The summed E-state index contributed by atoms with van der Waals surface area (Å²) in [6, 6.07) is 0. The molecule has 0 spiro atoms. The molecule has 132 valence electrons. The van der Waals surface area contributed by atoms with Gasteiger partial charge in [-0.1, -0.05) is 20.3 Å². The highest BCUT2D eigenvalue weighted by Gasteiger charge is 2.52. The van der Waals surface area contributed by atoms with Gasteiger partial charge >= 0.3 is 5.97 Å². The van der Waals surface area contributed by atoms with Crippen molar-refractivity contribution in [3.8, 4) is 0 Å². The molecule has 0 aromatic heterocycles. The summed E-state index contributed by atoms with van der Waals surface area (Å²) >= 11 is 0.